The summed E-state index contributed by atoms with van der Waals surface area (Å²) in [5.41, 5.74) is 1.20. The number of esters is 1. The zero-order valence-electron chi connectivity index (χ0n) is 7.02. The summed E-state index contributed by atoms with van der Waals surface area (Å²) >= 11 is 1.39. The molecule has 0 atom stereocenters. The Morgan fingerprint density at radius 3 is 2.92 bits per heavy atom. The predicted molar refractivity (Wildman–Crippen MR) is 50.8 cm³/mol. The third-order valence-corrected chi connectivity index (χ3v) is 2.21. The van der Waals surface area contributed by atoms with E-state index in [1.807, 2.05) is 0 Å². The van der Waals surface area contributed by atoms with Gasteiger partial charge in [0.25, 0.3) is 0 Å². The largest absolute Gasteiger partial charge is 0.465 e. The molecule has 3 nitrogen and oxygen atoms in total. The lowest BCUT2D eigenvalue weighted by molar-refractivity contribution is -0.104. The smallest absolute Gasteiger partial charge is 0.339 e. The van der Waals surface area contributed by atoms with E-state index in [1.54, 1.807) is 16.8 Å². The molecule has 0 aliphatic rings. The van der Waals surface area contributed by atoms with E-state index in [2.05, 4.69) is 4.74 Å². The first-order valence-corrected chi connectivity index (χ1v) is 4.50. The van der Waals surface area contributed by atoms with E-state index in [0.29, 0.717) is 17.4 Å². The molecule has 0 aliphatic heterocycles. The zero-order chi connectivity index (χ0) is 9.68. The number of allylic oxidation sites excluding steroid dienone is 1. The van der Waals surface area contributed by atoms with Crippen molar-refractivity contribution in [3.05, 3.63) is 28.0 Å². The molecule has 0 saturated carbocycles. The Balaban J connectivity index is 2.95. The summed E-state index contributed by atoms with van der Waals surface area (Å²) in [6.07, 6.45) is 3.59. The third-order valence-electron chi connectivity index (χ3n) is 1.45. The van der Waals surface area contributed by atoms with Crippen LogP contribution in [0.25, 0.3) is 6.08 Å². The minimum absolute atomic E-state index is 0.383. The third kappa shape index (κ3) is 2.26. The molecule has 1 heterocycles. The fourth-order valence-electron chi connectivity index (χ4n) is 0.855. The number of ether oxygens (including phenoxy) is 1. The van der Waals surface area contributed by atoms with Crippen molar-refractivity contribution in [2.45, 2.75) is 0 Å². The molecule has 0 aromatic carbocycles. The standard InChI is InChI=1S/C9H8O3S/c1-12-9(11)8-6-13-5-7(8)3-2-4-10/h2-6H,1H3. The molecule has 0 unspecified atom stereocenters. The number of carbonyl (C=O) groups excluding carboxylic acids is 2. The van der Waals surface area contributed by atoms with Gasteiger partial charge in [-0.05, 0) is 17.0 Å². The van der Waals surface area contributed by atoms with E-state index in [-0.39, 0.29) is 5.97 Å². The van der Waals surface area contributed by atoms with Gasteiger partial charge in [-0.25, -0.2) is 4.79 Å². The lowest BCUT2D eigenvalue weighted by Gasteiger charge is -1.95. The van der Waals surface area contributed by atoms with Crippen molar-refractivity contribution >= 4 is 29.7 Å². The van der Waals surface area contributed by atoms with Gasteiger partial charge < -0.3 is 4.74 Å². The van der Waals surface area contributed by atoms with Gasteiger partial charge >= 0.3 is 5.97 Å². The average molecular weight is 196 g/mol. The lowest BCUT2D eigenvalue weighted by Crippen LogP contribution is -2.00. The van der Waals surface area contributed by atoms with Crippen LogP contribution in [0.4, 0.5) is 0 Å². The topological polar surface area (TPSA) is 43.4 Å². The van der Waals surface area contributed by atoms with Gasteiger partial charge in [-0.1, -0.05) is 6.08 Å². The molecule has 1 rings (SSSR count). The Kier molecular flexibility index (Phi) is 3.40. The van der Waals surface area contributed by atoms with Crippen LogP contribution >= 0.6 is 11.3 Å². The molecule has 68 valence electrons. The van der Waals surface area contributed by atoms with Crippen molar-refractivity contribution in [2.75, 3.05) is 7.11 Å². The summed E-state index contributed by atoms with van der Waals surface area (Å²) in [7, 11) is 1.33. The second kappa shape index (κ2) is 4.57. The summed E-state index contributed by atoms with van der Waals surface area (Å²) < 4.78 is 4.56. The molecule has 0 N–H and O–H groups in total. The van der Waals surface area contributed by atoms with Crippen molar-refractivity contribution in [2.24, 2.45) is 0 Å². The van der Waals surface area contributed by atoms with Crippen molar-refractivity contribution in [3.63, 3.8) is 0 Å². The maximum atomic E-state index is 11.1. The Morgan fingerprint density at radius 1 is 1.54 bits per heavy atom. The Morgan fingerprint density at radius 2 is 2.31 bits per heavy atom. The number of hydrogen-bond donors (Lipinski definition) is 0. The summed E-state index contributed by atoms with van der Waals surface area (Å²) in [6.45, 7) is 0. The average Bonchev–Trinajstić information content (AvgIpc) is 2.61. The van der Waals surface area contributed by atoms with Crippen LogP contribution in [0.1, 0.15) is 15.9 Å². The van der Waals surface area contributed by atoms with Gasteiger partial charge in [0.05, 0.1) is 12.7 Å². The first-order valence-electron chi connectivity index (χ1n) is 3.56. The number of methoxy groups -OCH3 is 1. The molecule has 1 aromatic heterocycles. The van der Waals surface area contributed by atoms with E-state index >= 15 is 0 Å². The predicted octanol–water partition coefficient (Wildman–Crippen LogP) is 1.75. The second-order valence-electron chi connectivity index (χ2n) is 2.23. The molecular formula is C9H8O3S. The fraction of sp³-hybridized carbons (Fsp3) is 0.111. The minimum Gasteiger partial charge on any atom is -0.465 e. The Bertz CT molecular complexity index is 338. The minimum atomic E-state index is -0.383. The highest BCUT2D eigenvalue weighted by atomic mass is 32.1. The highest BCUT2D eigenvalue weighted by Crippen LogP contribution is 2.17. The van der Waals surface area contributed by atoms with Crippen LogP contribution in [0.5, 0.6) is 0 Å². The number of rotatable bonds is 3. The van der Waals surface area contributed by atoms with E-state index in [0.717, 1.165) is 0 Å². The number of thiophene rings is 1. The highest BCUT2D eigenvalue weighted by Gasteiger charge is 2.09. The van der Waals surface area contributed by atoms with Crippen molar-refractivity contribution in [3.8, 4) is 0 Å². The number of aldehydes is 1. The quantitative estimate of drug-likeness (QED) is 0.420. The van der Waals surface area contributed by atoms with Crippen LogP contribution in [-0.2, 0) is 9.53 Å². The first-order chi connectivity index (χ1) is 6.29. The molecule has 0 bridgehead atoms. The van der Waals surface area contributed by atoms with Crippen molar-refractivity contribution in [1.29, 1.82) is 0 Å². The molecule has 0 radical (unpaired) electrons. The molecule has 0 fully saturated rings. The van der Waals surface area contributed by atoms with Gasteiger partial charge in [0.2, 0.25) is 0 Å². The van der Waals surface area contributed by atoms with E-state index in [4.69, 9.17) is 0 Å². The molecule has 0 aliphatic carbocycles. The summed E-state index contributed by atoms with van der Waals surface area (Å²) in [5.74, 6) is -0.383. The Hall–Kier alpha value is -1.42. The maximum absolute atomic E-state index is 11.1. The molecule has 0 spiro atoms. The summed E-state index contributed by atoms with van der Waals surface area (Å²) in [4.78, 5) is 21.2. The molecule has 1 aromatic rings. The van der Waals surface area contributed by atoms with Gasteiger partial charge in [-0.15, -0.1) is 0 Å². The van der Waals surface area contributed by atoms with Crippen molar-refractivity contribution in [1.82, 2.24) is 0 Å². The zero-order valence-corrected chi connectivity index (χ0v) is 7.84. The van der Waals surface area contributed by atoms with Gasteiger partial charge in [-0.2, -0.15) is 11.3 Å². The van der Waals surface area contributed by atoms with Gasteiger partial charge in [0.15, 0.2) is 0 Å². The van der Waals surface area contributed by atoms with Gasteiger partial charge in [0, 0.05) is 5.38 Å². The van der Waals surface area contributed by atoms with Gasteiger partial charge in [0.1, 0.15) is 6.29 Å². The lowest BCUT2D eigenvalue weighted by atomic mass is 10.2. The van der Waals surface area contributed by atoms with Crippen LogP contribution in [-0.4, -0.2) is 19.4 Å². The second-order valence-corrected chi connectivity index (χ2v) is 2.97. The van der Waals surface area contributed by atoms with Gasteiger partial charge in [-0.3, -0.25) is 4.79 Å². The van der Waals surface area contributed by atoms with Crippen LogP contribution in [0.3, 0.4) is 0 Å². The molecule has 13 heavy (non-hydrogen) atoms. The maximum Gasteiger partial charge on any atom is 0.339 e. The number of hydrogen-bond acceptors (Lipinski definition) is 4. The van der Waals surface area contributed by atoms with E-state index < -0.39 is 0 Å². The molecule has 0 amide bonds. The fourth-order valence-corrected chi connectivity index (χ4v) is 1.64. The van der Waals surface area contributed by atoms with Crippen LogP contribution < -0.4 is 0 Å². The highest BCUT2D eigenvalue weighted by molar-refractivity contribution is 7.08. The van der Waals surface area contributed by atoms with E-state index in [1.165, 1.54) is 24.5 Å². The molecular weight excluding hydrogens is 188 g/mol. The summed E-state index contributed by atoms with van der Waals surface area (Å²) in [6, 6.07) is 0. The molecule has 4 heteroatoms. The Labute approximate surface area is 79.6 Å². The summed E-state index contributed by atoms with van der Waals surface area (Å²) in [5, 5.41) is 3.47. The first kappa shape index (κ1) is 9.67. The van der Waals surface area contributed by atoms with Crippen LogP contribution in [0, 0.1) is 0 Å². The monoisotopic (exact) mass is 196 g/mol. The van der Waals surface area contributed by atoms with E-state index in [9.17, 15) is 9.59 Å². The van der Waals surface area contributed by atoms with Crippen LogP contribution in [0.2, 0.25) is 0 Å². The van der Waals surface area contributed by atoms with Crippen molar-refractivity contribution < 1.29 is 14.3 Å². The normalized spacial score (nSPS) is 10.2. The van der Waals surface area contributed by atoms with Crippen LogP contribution in [0.15, 0.2) is 16.8 Å². The SMILES string of the molecule is COC(=O)c1cscc1C=CC=O. The number of carbonyl (C=O) groups is 2. The molecule has 0 saturated heterocycles.